The number of benzene rings is 3. The zero-order chi connectivity index (χ0) is 23.0. The Morgan fingerprint density at radius 1 is 0.938 bits per heavy atom. The van der Waals surface area contributed by atoms with E-state index < -0.39 is 5.97 Å². The molecule has 0 fully saturated rings. The summed E-state index contributed by atoms with van der Waals surface area (Å²) in [4.78, 5) is 25.5. The highest BCUT2D eigenvalue weighted by Gasteiger charge is 2.30. The standard InChI is InChI=1S/C28H26O4/c1-17-8-6-7-9-20(17)16-24-25(29)22-14-15-23(18(2)26(22)31-24)32-27(30)19-10-12-21(13-11-19)28(3,4)5/h6-16H,1-5H3/b24-16-. The molecule has 3 aromatic rings. The van der Waals surface area contributed by atoms with Crippen molar-refractivity contribution in [2.24, 2.45) is 0 Å². The SMILES string of the molecule is Cc1ccccc1/C=C1\Oc2c(ccc(OC(=O)c3ccc(C(C)(C)C)cc3)c2C)C1=O. The fourth-order valence-electron chi connectivity index (χ4n) is 3.63. The topological polar surface area (TPSA) is 52.6 Å². The van der Waals surface area contributed by atoms with E-state index in [-0.39, 0.29) is 17.0 Å². The highest BCUT2D eigenvalue weighted by molar-refractivity contribution is 6.15. The Hall–Kier alpha value is -3.66. The third-order valence-corrected chi connectivity index (χ3v) is 5.70. The van der Waals surface area contributed by atoms with Gasteiger partial charge < -0.3 is 9.47 Å². The fourth-order valence-corrected chi connectivity index (χ4v) is 3.63. The lowest BCUT2D eigenvalue weighted by molar-refractivity contribution is 0.0733. The van der Waals surface area contributed by atoms with Gasteiger partial charge in [0.15, 0.2) is 5.76 Å². The molecule has 0 spiro atoms. The van der Waals surface area contributed by atoms with Crippen molar-refractivity contribution in [1.29, 1.82) is 0 Å². The summed E-state index contributed by atoms with van der Waals surface area (Å²) in [7, 11) is 0. The van der Waals surface area contributed by atoms with Crippen molar-refractivity contribution in [2.45, 2.75) is 40.0 Å². The lowest BCUT2D eigenvalue weighted by Gasteiger charge is -2.19. The van der Waals surface area contributed by atoms with Gasteiger partial charge in [0.25, 0.3) is 0 Å². The van der Waals surface area contributed by atoms with Crippen LogP contribution in [0, 0.1) is 13.8 Å². The maximum absolute atomic E-state index is 12.8. The molecule has 1 heterocycles. The summed E-state index contributed by atoms with van der Waals surface area (Å²) in [5.74, 6) is 0.441. The van der Waals surface area contributed by atoms with E-state index in [0.29, 0.717) is 28.2 Å². The van der Waals surface area contributed by atoms with Crippen molar-refractivity contribution < 1.29 is 19.1 Å². The van der Waals surface area contributed by atoms with Crippen LogP contribution in [-0.2, 0) is 5.41 Å². The normalized spacial score (nSPS) is 14.3. The number of Topliss-reactive ketones (excluding diaryl/α,β-unsaturated/α-hetero) is 1. The number of ether oxygens (including phenoxy) is 2. The third-order valence-electron chi connectivity index (χ3n) is 5.70. The molecule has 0 aliphatic carbocycles. The van der Waals surface area contributed by atoms with Crippen molar-refractivity contribution in [3.05, 3.63) is 99.8 Å². The second-order valence-electron chi connectivity index (χ2n) is 9.08. The number of fused-ring (bicyclic) bond motifs is 1. The lowest BCUT2D eigenvalue weighted by atomic mass is 9.87. The molecule has 4 rings (SSSR count). The molecule has 0 N–H and O–H groups in total. The van der Waals surface area contributed by atoms with E-state index in [0.717, 1.165) is 16.7 Å². The first-order chi connectivity index (χ1) is 15.1. The van der Waals surface area contributed by atoms with E-state index >= 15 is 0 Å². The highest BCUT2D eigenvalue weighted by atomic mass is 16.5. The summed E-state index contributed by atoms with van der Waals surface area (Å²) in [5.41, 5.74) is 4.67. The molecule has 32 heavy (non-hydrogen) atoms. The number of hydrogen-bond acceptors (Lipinski definition) is 4. The highest BCUT2D eigenvalue weighted by Crippen LogP contribution is 2.39. The molecule has 1 aliphatic rings. The second kappa shape index (κ2) is 8.12. The molecule has 4 heteroatoms. The van der Waals surface area contributed by atoms with Gasteiger partial charge in [0.05, 0.1) is 11.1 Å². The zero-order valence-corrected chi connectivity index (χ0v) is 19.0. The van der Waals surface area contributed by atoms with Gasteiger partial charge in [-0.05, 0) is 66.3 Å². The van der Waals surface area contributed by atoms with Crippen LogP contribution in [0.25, 0.3) is 6.08 Å². The molecule has 0 aromatic heterocycles. The maximum atomic E-state index is 12.8. The van der Waals surface area contributed by atoms with Gasteiger partial charge in [-0.25, -0.2) is 4.79 Å². The predicted octanol–water partition coefficient (Wildman–Crippen LogP) is 6.44. The van der Waals surface area contributed by atoms with Crippen molar-refractivity contribution in [1.82, 2.24) is 0 Å². The number of rotatable bonds is 3. The van der Waals surface area contributed by atoms with E-state index in [2.05, 4.69) is 20.8 Å². The molecule has 162 valence electrons. The number of carbonyl (C=O) groups is 2. The number of allylic oxidation sites excluding steroid dienone is 1. The van der Waals surface area contributed by atoms with Crippen LogP contribution in [-0.4, -0.2) is 11.8 Å². The Bertz CT molecular complexity index is 1240. The minimum atomic E-state index is -0.450. The molecule has 0 saturated carbocycles. The monoisotopic (exact) mass is 426 g/mol. The minimum Gasteiger partial charge on any atom is -0.452 e. The molecule has 0 unspecified atom stereocenters. The minimum absolute atomic E-state index is 0.00635. The van der Waals surface area contributed by atoms with Crippen molar-refractivity contribution in [2.75, 3.05) is 0 Å². The van der Waals surface area contributed by atoms with Crippen LogP contribution in [0.4, 0.5) is 0 Å². The van der Waals surface area contributed by atoms with Crippen molar-refractivity contribution in [3.63, 3.8) is 0 Å². The van der Waals surface area contributed by atoms with E-state index in [1.807, 2.05) is 43.3 Å². The molecule has 3 aromatic carbocycles. The summed E-state index contributed by atoms with van der Waals surface area (Å²) in [6.45, 7) is 10.1. The van der Waals surface area contributed by atoms with Crippen LogP contribution in [0.2, 0.25) is 0 Å². The van der Waals surface area contributed by atoms with Gasteiger partial charge in [-0.3, -0.25) is 4.79 Å². The van der Waals surface area contributed by atoms with Gasteiger partial charge in [-0.2, -0.15) is 0 Å². The van der Waals surface area contributed by atoms with Crippen molar-refractivity contribution in [3.8, 4) is 11.5 Å². The van der Waals surface area contributed by atoms with Crippen LogP contribution < -0.4 is 9.47 Å². The summed E-state index contributed by atoms with van der Waals surface area (Å²) < 4.78 is 11.6. The summed E-state index contributed by atoms with van der Waals surface area (Å²) in [6, 6.07) is 18.5. The Kier molecular flexibility index (Phi) is 5.47. The molecule has 0 radical (unpaired) electrons. The Balaban J connectivity index is 1.58. The smallest absolute Gasteiger partial charge is 0.343 e. The zero-order valence-electron chi connectivity index (χ0n) is 19.0. The molecule has 0 atom stereocenters. The number of aryl methyl sites for hydroxylation is 1. The van der Waals surface area contributed by atoms with Crippen molar-refractivity contribution >= 4 is 17.8 Å². The lowest BCUT2D eigenvalue weighted by Crippen LogP contribution is -2.13. The second-order valence-corrected chi connectivity index (χ2v) is 9.08. The summed E-state index contributed by atoms with van der Waals surface area (Å²) in [6.07, 6.45) is 1.75. The van der Waals surface area contributed by atoms with Crippen LogP contribution in [0.3, 0.4) is 0 Å². The molecule has 4 nitrogen and oxygen atoms in total. The van der Waals surface area contributed by atoms with Crippen LogP contribution in [0.15, 0.2) is 66.4 Å². The van der Waals surface area contributed by atoms with E-state index in [1.54, 1.807) is 37.3 Å². The molecule has 1 aliphatic heterocycles. The van der Waals surface area contributed by atoms with Gasteiger partial charge >= 0.3 is 5.97 Å². The van der Waals surface area contributed by atoms with Gasteiger partial charge in [0.2, 0.25) is 5.78 Å². The van der Waals surface area contributed by atoms with E-state index in [9.17, 15) is 9.59 Å². The third kappa shape index (κ3) is 4.09. The van der Waals surface area contributed by atoms with E-state index in [4.69, 9.17) is 9.47 Å². The quantitative estimate of drug-likeness (QED) is 0.275. The van der Waals surface area contributed by atoms with Gasteiger partial charge in [0.1, 0.15) is 11.5 Å². The van der Waals surface area contributed by atoms with Gasteiger partial charge in [0, 0.05) is 5.56 Å². The summed E-state index contributed by atoms with van der Waals surface area (Å²) >= 11 is 0. The predicted molar refractivity (Wildman–Crippen MR) is 125 cm³/mol. The molecule has 0 saturated heterocycles. The van der Waals surface area contributed by atoms with Gasteiger partial charge in [-0.1, -0.05) is 57.2 Å². The first-order valence-electron chi connectivity index (χ1n) is 10.6. The molecule has 0 amide bonds. The number of ketones is 1. The Morgan fingerprint density at radius 2 is 1.62 bits per heavy atom. The number of hydrogen-bond donors (Lipinski definition) is 0. The molecule has 0 bridgehead atoms. The number of esters is 1. The van der Waals surface area contributed by atoms with Gasteiger partial charge in [-0.15, -0.1) is 0 Å². The molecular weight excluding hydrogens is 400 g/mol. The maximum Gasteiger partial charge on any atom is 0.343 e. The van der Waals surface area contributed by atoms with E-state index in [1.165, 1.54) is 0 Å². The Morgan fingerprint density at radius 3 is 2.28 bits per heavy atom. The Labute approximate surface area is 188 Å². The average Bonchev–Trinajstić information content (AvgIpc) is 3.07. The fraction of sp³-hybridized carbons (Fsp3) is 0.214. The van der Waals surface area contributed by atoms with Crippen LogP contribution in [0.1, 0.15) is 63.7 Å². The number of carbonyl (C=O) groups excluding carboxylic acids is 2. The molecular formula is C28H26O4. The van der Waals surface area contributed by atoms with Crippen LogP contribution >= 0.6 is 0 Å². The van der Waals surface area contributed by atoms with Crippen LogP contribution in [0.5, 0.6) is 11.5 Å². The largest absolute Gasteiger partial charge is 0.452 e. The average molecular weight is 427 g/mol. The first kappa shape index (κ1) is 21.6. The summed E-state index contributed by atoms with van der Waals surface area (Å²) in [5, 5.41) is 0. The first-order valence-corrected chi connectivity index (χ1v) is 10.6.